The van der Waals surface area contributed by atoms with Crippen LogP contribution in [-0.2, 0) is 4.79 Å². The fraction of sp³-hybridized carbons (Fsp3) is 0.0625. The second-order valence-electron chi connectivity index (χ2n) is 4.64. The fourth-order valence-corrected chi connectivity index (χ4v) is 2.15. The minimum Gasteiger partial charge on any atom is -0.484 e. The highest BCUT2D eigenvalue weighted by Gasteiger charge is 2.05. The van der Waals surface area contributed by atoms with Gasteiger partial charge in [0.15, 0.2) is 6.61 Å². The zero-order chi connectivity index (χ0) is 17.5. The lowest BCUT2D eigenvalue weighted by Crippen LogP contribution is -2.20. The van der Waals surface area contributed by atoms with Crippen molar-refractivity contribution in [3.63, 3.8) is 0 Å². The topological polar surface area (TPSA) is 93.8 Å². The number of hydrogen-bond acceptors (Lipinski definition) is 4. The van der Waals surface area contributed by atoms with Crippen LogP contribution in [0.25, 0.3) is 0 Å². The number of carbonyl (C=O) groups is 2. The highest BCUT2D eigenvalue weighted by Crippen LogP contribution is 2.19. The summed E-state index contributed by atoms with van der Waals surface area (Å²) in [5.74, 6) is -0.549. The maximum Gasteiger partial charge on any atom is 0.271 e. The van der Waals surface area contributed by atoms with Gasteiger partial charge < -0.3 is 10.5 Å². The summed E-state index contributed by atoms with van der Waals surface area (Å²) in [6.07, 6.45) is 1.42. The number of nitrogens with one attached hydrogen (secondary N) is 1. The Kier molecular flexibility index (Phi) is 6.17. The van der Waals surface area contributed by atoms with Crippen molar-refractivity contribution >= 4 is 41.2 Å². The van der Waals surface area contributed by atoms with E-state index < -0.39 is 11.8 Å². The van der Waals surface area contributed by atoms with Gasteiger partial charge in [-0.3, -0.25) is 9.59 Å². The monoisotopic (exact) mass is 365 g/mol. The predicted molar refractivity (Wildman–Crippen MR) is 92.7 cm³/mol. The van der Waals surface area contributed by atoms with Crippen LogP contribution in [0.4, 0.5) is 0 Å². The van der Waals surface area contributed by atoms with E-state index >= 15 is 0 Å². The van der Waals surface area contributed by atoms with Crippen molar-refractivity contribution in [3.8, 4) is 5.75 Å². The van der Waals surface area contributed by atoms with Gasteiger partial charge in [0.1, 0.15) is 5.75 Å². The molecule has 0 aliphatic carbocycles. The summed E-state index contributed by atoms with van der Waals surface area (Å²) in [6, 6.07) is 11.1. The van der Waals surface area contributed by atoms with E-state index in [0.29, 0.717) is 26.9 Å². The molecule has 0 unspecified atom stereocenters. The van der Waals surface area contributed by atoms with E-state index in [1.165, 1.54) is 18.3 Å². The lowest BCUT2D eigenvalue weighted by atomic mass is 10.2. The van der Waals surface area contributed by atoms with Gasteiger partial charge in [-0.15, -0.1) is 0 Å². The third-order valence-electron chi connectivity index (χ3n) is 2.83. The van der Waals surface area contributed by atoms with Crippen LogP contribution in [-0.4, -0.2) is 24.6 Å². The first-order valence-corrected chi connectivity index (χ1v) is 7.51. The van der Waals surface area contributed by atoms with Crippen molar-refractivity contribution in [1.29, 1.82) is 0 Å². The van der Waals surface area contributed by atoms with E-state index in [1.807, 2.05) is 0 Å². The van der Waals surface area contributed by atoms with Crippen molar-refractivity contribution in [2.45, 2.75) is 0 Å². The van der Waals surface area contributed by atoms with Gasteiger partial charge in [0.25, 0.3) is 11.8 Å². The number of amides is 2. The number of ether oxygens (including phenoxy) is 1. The standard InChI is InChI=1S/C16H13Cl2N3O3/c17-12-4-1-11(14(18)7-12)8-20-21-16(23)10-2-5-13(6-3-10)24-9-15(19)22/h1-8H,9H2,(H2,19,22)(H,21,23)/b20-8-. The molecule has 0 bridgehead atoms. The van der Waals surface area contributed by atoms with Gasteiger partial charge in [0.05, 0.1) is 11.2 Å². The molecule has 0 atom stereocenters. The summed E-state index contributed by atoms with van der Waals surface area (Å²) in [5.41, 5.74) is 8.36. The number of primary amides is 1. The van der Waals surface area contributed by atoms with Crippen molar-refractivity contribution in [3.05, 3.63) is 63.6 Å². The zero-order valence-corrected chi connectivity index (χ0v) is 13.8. The van der Waals surface area contributed by atoms with Gasteiger partial charge >= 0.3 is 0 Å². The highest BCUT2D eigenvalue weighted by molar-refractivity contribution is 6.36. The van der Waals surface area contributed by atoms with E-state index in [2.05, 4.69) is 10.5 Å². The largest absolute Gasteiger partial charge is 0.484 e. The molecule has 0 aliphatic heterocycles. The molecule has 6 nitrogen and oxygen atoms in total. The molecule has 0 saturated carbocycles. The summed E-state index contributed by atoms with van der Waals surface area (Å²) in [5, 5.41) is 4.79. The highest BCUT2D eigenvalue weighted by atomic mass is 35.5. The van der Waals surface area contributed by atoms with Crippen LogP contribution in [0.3, 0.4) is 0 Å². The minimum absolute atomic E-state index is 0.225. The molecule has 124 valence electrons. The van der Waals surface area contributed by atoms with Gasteiger partial charge in [0, 0.05) is 16.1 Å². The molecule has 0 heterocycles. The van der Waals surface area contributed by atoms with Gasteiger partial charge in [-0.1, -0.05) is 29.3 Å². The van der Waals surface area contributed by atoms with E-state index in [-0.39, 0.29) is 6.61 Å². The number of nitrogens with zero attached hydrogens (tertiary/aromatic N) is 1. The molecule has 0 fully saturated rings. The van der Waals surface area contributed by atoms with Crippen molar-refractivity contribution in [2.24, 2.45) is 10.8 Å². The molecular weight excluding hydrogens is 353 g/mol. The van der Waals surface area contributed by atoms with Crippen LogP contribution >= 0.6 is 23.2 Å². The van der Waals surface area contributed by atoms with Crippen LogP contribution in [0, 0.1) is 0 Å². The number of nitrogens with two attached hydrogens (primary N) is 1. The van der Waals surface area contributed by atoms with Crippen LogP contribution in [0.15, 0.2) is 47.6 Å². The average molecular weight is 366 g/mol. The molecule has 2 aromatic rings. The molecule has 0 aliphatic rings. The Hall–Kier alpha value is -2.57. The summed E-state index contributed by atoms with van der Waals surface area (Å²) >= 11 is 11.8. The maximum atomic E-state index is 12.0. The van der Waals surface area contributed by atoms with Crippen molar-refractivity contribution in [1.82, 2.24) is 5.43 Å². The summed E-state index contributed by atoms with van der Waals surface area (Å²) in [7, 11) is 0. The molecule has 0 saturated heterocycles. The molecule has 0 aromatic heterocycles. The number of halogens is 2. The van der Waals surface area contributed by atoms with Crippen molar-refractivity contribution < 1.29 is 14.3 Å². The van der Waals surface area contributed by atoms with Gasteiger partial charge in [-0.25, -0.2) is 5.43 Å². The SMILES string of the molecule is NC(=O)COc1ccc(C(=O)N/N=C\c2ccc(Cl)cc2Cl)cc1. The first-order valence-electron chi connectivity index (χ1n) is 6.75. The fourth-order valence-electron chi connectivity index (χ4n) is 1.69. The van der Waals surface area contributed by atoms with Crippen molar-refractivity contribution in [2.75, 3.05) is 6.61 Å². The normalized spacial score (nSPS) is 10.6. The van der Waals surface area contributed by atoms with Crippen LogP contribution < -0.4 is 15.9 Å². The summed E-state index contributed by atoms with van der Waals surface area (Å²) in [6.45, 7) is -0.225. The lowest BCUT2D eigenvalue weighted by Gasteiger charge is -2.04. The maximum absolute atomic E-state index is 12.0. The molecular formula is C16H13Cl2N3O3. The number of benzene rings is 2. The molecule has 24 heavy (non-hydrogen) atoms. The third-order valence-corrected chi connectivity index (χ3v) is 3.39. The minimum atomic E-state index is -0.577. The Morgan fingerprint density at radius 3 is 2.50 bits per heavy atom. The molecule has 8 heteroatoms. The quantitative estimate of drug-likeness (QED) is 0.608. The lowest BCUT2D eigenvalue weighted by molar-refractivity contribution is -0.119. The zero-order valence-electron chi connectivity index (χ0n) is 12.3. The van der Waals surface area contributed by atoms with Gasteiger partial charge in [0.2, 0.25) is 0 Å². The van der Waals surface area contributed by atoms with Gasteiger partial charge in [-0.2, -0.15) is 5.10 Å². The number of hydrogen-bond donors (Lipinski definition) is 2. The number of carbonyl (C=O) groups excluding carboxylic acids is 2. The Bertz CT molecular complexity index is 777. The molecule has 2 amide bonds. The first kappa shape index (κ1) is 17.8. The van der Waals surface area contributed by atoms with Crippen LogP contribution in [0.5, 0.6) is 5.75 Å². The molecule has 0 spiro atoms. The summed E-state index contributed by atoms with van der Waals surface area (Å²) in [4.78, 5) is 22.6. The molecule has 3 N–H and O–H groups in total. The van der Waals surface area contributed by atoms with E-state index in [9.17, 15) is 9.59 Å². The van der Waals surface area contributed by atoms with E-state index in [1.54, 1.807) is 30.3 Å². The first-order chi connectivity index (χ1) is 11.5. The molecule has 0 radical (unpaired) electrons. The summed E-state index contributed by atoms with van der Waals surface area (Å²) < 4.78 is 5.10. The second kappa shape index (κ2) is 8.33. The number of rotatable bonds is 6. The van der Waals surface area contributed by atoms with Crippen LogP contribution in [0.1, 0.15) is 15.9 Å². The predicted octanol–water partition coefficient (Wildman–Crippen LogP) is 2.62. The van der Waals surface area contributed by atoms with Gasteiger partial charge in [-0.05, 0) is 36.4 Å². The van der Waals surface area contributed by atoms with E-state index in [4.69, 9.17) is 33.7 Å². The Morgan fingerprint density at radius 2 is 1.88 bits per heavy atom. The molecule has 2 rings (SSSR count). The Balaban J connectivity index is 1.94. The molecule has 2 aromatic carbocycles. The second-order valence-corrected chi connectivity index (χ2v) is 5.49. The Morgan fingerprint density at radius 1 is 1.17 bits per heavy atom. The smallest absolute Gasteiger partial charge is 0.271 e. The average Bonchev–Trinajstić information content (AvgIpc) is 2.55. The number of hydrazone groups is 1. The Labute approximate surface area is 148 Å². The third kappa shape index (κ3) is 5.26. The van der Waals surface area contributed by atoms with Crippen LogP contribution in [0.2, 0.25) is 10.0 Å². The van der Waals surface area contributed by atoms with E-state index in [0.717, 1.165) is 0 Å².